The van der Waals surface area contributed by atoms with Crippen molar-refractivity contribution in [2.75, 3.05) is 10.6 Å². The minimum atomic E-state index is -0.699. The molecule has 5 rings (SSSR count). The van der Waals surface area contributed by atoms with E-state index >= 15 is 0 Å². The van der Waals surface area contributed by atoms with Crippen LogP contribution >= 0.6 is 34.8 Å². The fourth-order valence-corrected chi connectivity index (χ4v) is 6.47. The van der Waals surface area contributed by atoms with Crippen molar-refractivity contribution in [3.05, 3.63) is 33.4 Å². The summed E-state index contributed by atoms with van der Waals surface area (Å²) in [5, 5.41) is 18.4. The van der Waals surface area contributed by atoms with Gasteiger partial charge in [-0.1, -0.05) is 34.8 Å². The van der Waals surface area contributed by atoms with Gasteiger partial charge in [0, 0.05) is 23.0 Å². The molecule has 2 atom stereocenters. The van der Waals surface area contributed by atoms with Gasteiger partial charge in [-0.3, -0.25) is 9.36 Å². The Kier molecular flexibility index (Phi) is 7.42. The van der Waals surface area contributed by atoms with Gasteiger partial charge in [-0.15, -0.1) is 0 Å². The van der Waals surface area contributed by atoms with E-state index in [0.29, 0.717) is 63.1 Å². The number of aliphatic hydroxyl groups is 1. The maximum absolute atomic E-state index is 11.8. The number of amides is 1. The van der Waals surface area contributed by atoms with Crippen LogP contribution in [-0.2, 0) is 4.79 Å². The summed E-state index contributed by atoms with van der Waals surface area (Å²) in [7, 11) is 0. The second-order valence-corrected chi connectivity index (χ2v) is 11.7. The average molecular weight is 567 g/mol. The minimum absolute atomic E-state index is 0.0334. The van der Waals surface area contributed by atoms with Gasteiger partial charge in [0.2, 0.25) is 17.8 Å². The van der Waals surface area contributed by atoms with Crippen LogP contribution in [0.1, 0.15) is 64.3 Å². The first kappa shape index (κ1) is 26.3. The lowest BCUT2D eigenvalue weighted by molar-refractivity contribution is -0.122. The van der Waals surface area contributed by atoms with Crippen molar-refractivity contribution < 1.29 is 9.90 Å². The number of carbonyl (C=O) groups excluding carboxylic acids is 1. The molecule has 37 heavy (non-hydrogen) atoms. The molecule has 5 N–H and O–H groups in total. The van der Waals surface area contributed by atoms with Crippen LogP contribution in [0.3, 0.4) is 0 Å². The lowest BCUT2D eigenvalue weighted by atomic mass is 9.83. The lowest BCUT2D eigenvalue weighted by Crippen LogP contribution is -2.38. The van der Waals surface area contributed by atoms with E-state index in [1.54, 1.807) is 18.3 Å². The molecule has 9 nitrogen and oxygen atoms in total. The Bertz CT molecular complexity index is 1300. The number of aromatic nitrogens is 4. The average Bonchev–Trinajstić information content (AvgIpc) is 3.18. The second-order valence-electron chi connectivity index (χ2n) is 10.4. The zero-order valence-corrected chi connectivity index (χ0v) is 22.7. The van der Waals surface area contributed by atoms with Gasteiger partial charge < -0.3 is 21.5 Å². The van der Waals surface area contributed by atoms with Gasteiger partial charge in [-0.05, 0) is 70.4 Å². The number of nitrogens with zero attached hydrogens (tertiary/aromatic N) is 4. The normalized spacial score (nSPS) is 26.2. The number of benzene rings is 1. The molecule has 0 aliphatic heterocycles. The monoisotopic (exact) mass is 565 g/mol. The van der Waals surface area contributed by atoms with Gasteiger partial charge in [-0.2, -0.15) is 4.98 Å². The smallest absolute Gasteiger partial charge is 0.224 e. The Balaban J connectivity index is 1.51. The zero-order valence-electron chi connectivity index (χ0n) is 20.5. The highest BCUT2D eigenvalue weighted by Crippen LogP contribution is 2.40. The lowest BCUT2D eigenvalue weighted by Gasteiger charge is -2.34. The number of nitrogens with two attached hydrogens (primary N) is 1. The Labute approximate surface area is 230 Å². The van der Waals surface area contributed by atoms with Crippen molar-refractivity contribution >= 4 is 69.5 Å². The maximum atomic E-state index is 11.8. The molecule has 2 aliphatic rings. The highest BCUT2D eigenvalue weighted by molar-refractivity contribution is 6.41. The van der Waals surface area contributed by atoms with Gasteiger partial charge in [0.25, 0.3) is 0 Å². The molecule has 2 aliphatic carbocycles. The van der Waals surface area contributed by atoms with Gasteiger partial charge in [0.1, 0.15) is 5.52 Å². The SMILES string of the molecule is C[C@]1(O)CCC[C@@H](Nc2ncc3nc(Nc4c(Cl)cc(Cl)cc4Cl)n(C4CCC(C(N)=O)CC4)c3n2)C1. The van der Waals surface area contributed by atoms with Gasteiger partial charge in [0.15, 0.2) is 5.65 Å². The fourth-order valence-electron chi connectivity index (χ4n) is 5.56. The van der Waals surface area contributed by atoms with Crippen molar-refractivity contribution in [3.8, 4) is 0 Å². The Morgan fingerprint density at radius 2 is 1.84 bits per heavy atom. The predicted octanol–water partition coefficient (Wildman–Crippen LogP) is 5.85. The molecule has 0 unspecified atom stereocenters. The fraction of sp³-hybridized carbons (Fsp3) is 0.520. The largest absolute Gasteiger partial charge is 0.390 e. The molecule has 0 spiro atoms. The van der Waals surface area contributed by atoms with Crippen LogP contribution in [0.25, 0.3) is 11.2 Å². The van der Waals surface area contributed by atoms with E-state index in [1.807, 2.05) is 11.5 Å². The number of carbonyl (C=O) groups is 1. The molecular formula is C25H30Cl3N7O2. The maximum Gasteiger partial charge on any atom is 0.224 e. The first-order valence-electron chi connectivity index (χ1n) is 12.5. The molecule has 2 fully saturated rings. The number of anilines is 3. The molecule has 12 heteroatoms. The van der Waals surface area contributed by atoms with Crippen LogP contribution in [0.2, 0.25) is 15.1 Å². The number of fused-ring (bicyclic) bond motifs is 1. The summed E-state index contributed by atoms with van der Waals surface area (Å²) in [6.07, 6.45) is 7.85. The molecule has 0 bridgehead atoms. The summed E-state index contributed by atoms with van der Waals surface area (Å²) in [4.78, 5) is 25.9. The number of hydrogen-bond donors (Lipinski definition) is 4. The first-order valence-corrected chi connectivity index (χ1v) is 13.7. The van der Waals surface area contributed by atoms with Crippen molar-refractivity contribution in [2.45, 2.75) is 76.0 Å². The number of nitrogens with one attached hydrogen (secondary N) is 2. The van der Waals surface area contributed by atoms with E-state index in [4.69, 9.17) is 50.5 Å². The van der Waals surface area contributed by atoms with E-state index < -0.39 is 5.60 Å². The van der Waals surface area contributed by atoms with Crippen molar-refractivity contribution in [2.24, 2.45) is 11.7 Å². The molecule has 1 aromatic carbocycles. The van der Waals surface area contributed by atoms with Crippen LogP contribution in [0, 0.1) is 5.92 Å². The zero-order chi connectivity index (χ0) is 26.3. The number of halogens is 3. The standard InChI is InChI=1S/C25H30Cl3N7O2/c1-25(37)8-2-3-15(11-25)31-23-30-12-19-22(34-23)35(16-6-4-13(5-7-16)21(29)36)24(32-19)33-20-17(27)9-14(26)10-18(20)28/h9-10,12-13,15-16,37H,2-8,11H2,1H3,(H2,29,36)(H,32,33)(H,30,31,34)/t13?,15-,16?,25+/m1/s1. The van der Waals surface area contributed by atoms with Crippen molar-refractivity contribution in [1.82, 2.24) is 19.5 Å². The van der Waals surface area contributed by atoms with E-state index in [2.05, 4.69) is 15.6 Å². The predicted molar refractivity (Wildman–Crippen MR) is 147 cm³/mol. The van der Waals surface area contributed by atoms with Gasteiger partial charge in [0.05, 0.1) is 27.5 Å². The molecular weight excluding hydrogens is 537 g/mol. The molecule has 1 amide bonds. The number of hydrogen-bond acceptors (Lipinski definition) is 7. The highest BCUT2D eigenvalue weighted by Gasteiger charge is 2.32. The van der Waals surface area contributed by atoms with E-state index in [-0.39, 0.29) is 23.9 Å². The quantitative estimate of drug-likeness (QED) is 0.294. The summed E-state index contributed by atoms with van der Waals surface area (Å²) in [6.45, 7) is 1.87. The third-order valence-corrected chi connectivity index (χ3v) is 8.24. The summed E-state index contributed by atoms with van der Waals surface area (Å²) in [5.41, 5.74) is 6.63. The number of imidazole rings is 1. The molecule has 2 aromatic heterocycles. The van der Waals surface area contributed by atoms with Crippen LogP contribution in [0.5, 0.6) is 0 Å². The Morgan fingerprint density at radius 3 is 2.49 bits per heavy atom. The highest BCUT2D eigenvalue weighted by atomic mass is 35.5. The molecule has 198 valence electrons. The number of rotatable bonds is 6. The molecule has 0 radical (unpaired) electrons. The van der Waals surface area contributed by atoms with E-state index in [9.17, 15) is 9.90 Å². The van der Waals surface area contributed by atoms with Crippen LogP contribution in [-0.4, -0.2) is 42.2 Å². The van der Waals surface area contributed by atoms with E-state index in [1.165, 1.54) is 0 Å². The van der Waals surface area contributed by atoms with Crippen molar-refractivity contribution in [1.29, 1.82) is 0 Å². The first-order chi connectivity index (χ1) is 17.6. The van der Waals surface area contributed by atoms with Gasteiger partial charge >= 0.3 is 0 Å². The summed E-state index contributed by atoms with van der Waals surface area (Å²) < 4.78 is 2.04. The topological polar surface area (TPSA) is 131 Å². The number of primary amides is 1. The minimum Gasteiger partial charge on any atom is -0.390 e. The third-order valence-electron chi connectivity index (χ3n) is 7.43. The van der Waals surface area contributed by atoms with E-state index in [0.717, 1.165) is 32.1 Å². The van der Waals surface area contributed by atoms with Crippen LogP contribution in [0.15, 0.2) is 18.3 Å². The molecule has 3 aromatic rings. The van der Waals surface area contributed by atoms with Crippen molar-refractivity contribution in [3.63, 3.8) is 0 Å². The van der Waals surface area contributed by atoms with Crippen LogP contribution < -0.4 is 16.4 Å². The summed E-state index contributed by atoms with van der Waals surface area (Å²) in [5.74, 6) is 0.615. The molecule has 2 saturated carbocycles. The van der Waals surface area contributed by atoms with Gasteiger partial charge in [-0.25, -0.2) is 9.97 Å². The molecule has 2 heterocycles. The summed E-state index contributed by atoms with van der Waals surface area (Å²) in [6, 6.07) is 3.34. The Morgan fingerprint density at radius 1 is 1.14 bits per heavy atom. The molecule has 0 saturated heterocycles. The second kappa shape index (κ2) is 10.4. The summed E-state index contributed by atoms with van der Waals surface area (Å²) >= 11 is 19.0. The Hall–Kier alpha value is -2.33. The van der Waals surface area contributed by atoms with Crippen LogP contribution in [0.4, 0.5) is 17.6 Å². The third kappa shape index (κ3) is 5.74.